The Morgan fingerprint density at radius 1 is 1.17 bits per heavy atom. The highest BCUT2D eigenvalue weighted by molar-refractivity contribution is 7.68. The van der Waals surface area contributed by atoms with Crippen LogP contribution in [0.25, 0.3) is 10.4 Å². The maximum atomic E-state index is 12.5. The molecule has 4 unspecified atom stereocenters. The van der Waals surface area contributed by atoms with E-state index in [9.17, 15) is 42.7 Å². The molecule has 1 aliphatic heterocycles. The fraction of sp³-hybridized carbons (Fsp3) is 0.500. The van der Waals surface area contributed by atoms with Crippen molar-refractivity contribution in [3.8, 4) is 17.6 Å². The van der Waals surface area contributed by atoms with Crippen LogP contribution in [0.1, 0.15) is 47.8 Å². The molecule has 1 aliphatic rings. The number of Topliss-reactive ketones (excluding diaryl/α,β-unsaturated/α-hetero) is 1. The van der Waals surface area contributed by atoms with Crippen molar-refractivity contribution < 1.29 is 70.1 Å². The number of nitrogens with one attached hydrogen (secondary N) is 2. The molecule has 1 fully saturated rings. The summed E-state index contributed by atoms with van der Waals surface area (Å²) in [5, 5.41) is 6.00. The predicted molar refractivity (Wildman–Crippen MR) is 184 cm³/mol. The molecule has 26 heteroatoms. The van der Waals surface area contributed by atoms with E-state index in [1.165, 1.54) is 13.1 Å². The van der Waals surface area contributed by atoms with Gasteiger partial charge in [-0.25, -0.2) is 18.2 Å². The molecule has 54 heavy (non-hydrogen) atoms. The summed E-state index contributed by atoms with van der Waals surface area (Å²) in [4.78, 5) is 81.8. The average Bonchev–Trinajstić information content (AvgIpc) is 3.56. The first kappa shape index (κ1) is 44.4. The van der Waals surface area contributed by atoms with E-state index in [1.807, 2.05) is 0 Å². The molecular weight excluding hydrogens is 785 g/mol. The Kier molecular flexibility index (Phi) is 17.0. The first-order valence-electron chi connectivity index (χ1n) is 15.6. The number of nitrogens with zero attached hydrogens (tertiary/aromatic N) is 4. The van der Waals surface area contributed by atoms with E-state index >= 15 is 0 Å². The van der Waals surface area contributed by atoms with Gasteiger partial charge in [0.2, 0.25) is 0 Å². The van der Waals surface area contributed by atoms with Gasteiger partial charge in [-0.15, -0.1) is 0 Å². The zero-order valence-electron chi connectivity index (χ0n) is 28.7. The number of aromatic nitrogens is 2. The van der Waals surface area contributed by atoms with Gasteiger partial charge < -0.3 is 38.9 Å². The summed E-state index contributed by atoms with van der Waals surface area (Å²) in [6.07, 6.45) is -1.43. The van der Waals surface area contributed by atoms with Gasteiger partial charge in [-0.1, -0.05) is 23.0 Å². The molecule has 1 aromatic carbocycles. The molecule has 0 spiro atoms. The highest BCUT2D eigenvalue weighted by Crippen LogP contribution is 2.66. The minimum absolute atomic E-state index is 0.0192. The van der Waals surface area contributed by atoms with Gasteiger partial charge in [0.05, 0.1) is 25.9 Å². The number of ether oxygens (including phenoxy) is 4. The number of azide groups is 1. The second-order valence-corrected chi connectivity index (χ2v) is 16.1. The molecule has 0 aliphatic carbocycles. The Hall–Kier alpha value is -3.96. The second kappa shape index (κ2) is 20.6. The number of hydrogen-bond acceptors (Lipinski definition) is 15. The lowest BCUT2D eigenvalue weighted by molar-refractivity contribution is -0.124. The normalized spacial score (nSPS) is 19.1. The number of benzene rings is 1. The second-order valence-electron chi connectivity index (χ2n) is 11.0. The number of ketones is 1. The lowest BCUT2D eigenvalue weighted by atomic mass is 10.2. The van der Waals surface area contributed by atoms with Crippen molar-refractivity contribution in [2.24, 2.45) is 5.11 Å². The molecule has 0 bridgehead atoms. The molecular formula is C28H37N6O17P3. The van der Waals surface area contributed by atoms with E-state index in [4.69, 9.17) is 29.4 Å². The van der Waals surface area contributed by atoms with E-state index < -0.39 is 59.7 Å². The third kappa shape index (κ3) is 15.8. The quantitative estimate of drug-likeness (QED) is 0.0300. The molecule has 1 amide bonds. The van der Waals surface area contributed by atoms with Crippen LogP contribution in [0.5, 0.6) is 5.75 Å². The van der Waals surface area contributed by atoms with Crippen LogP contribution in [0.2, 0.25) is 0 Å². The highest BCUT2D eigenvalue weighted by Gasteiger charge is 2.40. The van der Waals surface area contributed by atoms with Crippen LogP contribution in [-0.4, -0.2) is 95.0 Å². The summed E-state index contributed by atoms with van der Waals surface area (Å²) in [6.45, 7) is -0.593. The van der Waals surface area contributed by atoms with Crippen LogP contribution in [0.15, 0.2) is 45.2 Å². The van der Waals surface area contributed by atoms with Gasteiger partial charge in [-0.3, -0.25) is 33.0 Å². The lowest BCUT2D eigenvalue weighted by Gasteiger charge is -2.19. The number of rotatable bonds is 21. The van der Waals surface area contributed by atoms with Gasteiger partial charge in [0, 0.05) is 43.2 Å². The predicted octanol–water partition coefficient (Wildman–Crippen LogP) is 2.09. The van der Waals surface area contributed by atoms with Crippen LogP contribution >= 0.6 is 23.2 Å². The number of amides is 1. The van der Waals surface area contributed by atoms with Gasteiger partial charge in [0.15, 0.2) is 12.0 Å². The average molecular weight is 823 g/mol. The summed E-state index contributed by atoms with van der Waals surface area (Å²) in [5.74, 6) is 5.00. The number of hydrogen-bond donors (Lipinski definition) is 5. The molecule has 1 saturated heterocycles. The Labute approximate surface area is 306 Å². The van der Waals surface area contributed by atoms with E-state index in [0.717, 1.165) is 10.8 Å². The van der Waals surface area contributed by atoms with Gasteiger partial charge in [-0.05, 0) is 36.6 Å². The summed E-state index contributed by atoms with van der Waals surface area (Å²) < 4.78 is 70.3. The van der Waals surface area contributed by atoms with Crippen molar-refractivity contribution in [1.29, 1.82) is 0 Å². The maximum absolute atomic E-state index is 12.5. The summed E-state index contributed by atoms with van der Waals surface area (Å²) in [6, 6.07) is 6.35. The van der Waals surface area contributed by atoms with E-state index in [-0.39, 0.29) is 69.4 Å². The Bertz CT molecular complexity index is 2020. The van der Waals surface area contributed by atoms with Crippen molar-refractivity contribution in [3.05, 3.63) is 72.9 Å². The first-order valence-corrected chi connectivity index (χ1v) is 20.6. The van der Waals surface area contributed by atoms with Crippen LogP contribution in [0.3, 0.4) is 0 Å². The lowest BCUT2D eigenvalue weighted by Crippen LogP contribution is -2.33. The fourth-order valence-electron chi connectivity index (χ4n) is 4.41. The van der Waals surface area contributed by atoms with E-state index in [2.05, 4.69) is 45.3 Å². The number of carbonyl (C=O) groups is 2. The number of phosphoric acid groups is 2. The van der Waals surface area contributed by atoms with E-state index in [1.54, 1.807) is 18.2 Å². The third-order valence-electron chi connectivity index (χ3n) is 6.70. The molecule has 3 rings (SSSR count). The number of carbonyl (C=O) groups excluding carboxylic acids is 2. The smallest absolute Gasteiger partial charge is 0.488 e. The SMILES string of the molecule is CNC(=O)c1cccc(OCC(N=[N+]=[N-])OCCOCC(=O)CCC#Cc2cn([C@H]3CC[C@@H](COP(=O)(O)OP(=O)(O)OP(C)(=O)O)O3)c(=O)[nH]c2=O)c1. The van der Waals surface area contributed by atoms with Crippen LogP contribution in [0, 0.1) is 11.8 Å². The largest absolute Gasteiger partial charge is 0.491 e. The number of H-pyrrole nitrogens is 1. The number of aromatic amines is 1. The molecule has 296 valence electrons. The fourth-order valence-corrected chi connectivity index (χ4v) is 7.92. The molecule has 2 aromatic rings. The van der Waals surface area contributed by atoms with Crippen molar-refractivity contribution in [2.75, 3.05) is 46.7 Å². The first-order chi connectivity index (χ1) is 25.4. The molecule has 5 N–H and O–H groups in total. The molecule has 0 radical (unpaired) electrons. The molecule has 2 heterocycles. The summed E-state index contributed by atoms with van der Waals surface area (Å²) in [5.41, 5.74) is 7.42. The van der Waals surface area contributed by atoms with Crippen LogP contribution in [-0.2, 0) is 45.8 Å². The topological polar surface area (TPSA) is 326 Å². The Morgan fingerprint density at radius 3 is 2.63 bits per heavy atom. The van der Waals surface area contributed by atoms with Crippen molar-refractivity contribution in [1.82, 2.24) is 14.9 Å². The highest BCUT2D eigenvalue weighted by atomic mass is 31.3. The molecule has 0 saturated carbocycles. The van der Waals surface area contributed by atoms with Gasteiger partial charge >= 0.3 is 28.9 Å². The Morgan fingerprint density at radius 2 is 1.93 bits per heavy atom. The minimum Gasteiger partial charge on any atom is -0.491 e. The van der Waals surface area contributed by atoms with Crippen molar-refractivity contribution >= 4 is 34.9 Å². The monoisotopic (exact) mass is 822 g/mol. The standard InChI is InChI=1S/C28H37N6O17P3/c1-30-26(36)19-7-5-9-22(14-19)47-18-24(32-33-29)46-13-12-45-16-21(35)8-4-3-6-20-15-34(28(38)31-27(20)37)25-11-10-23(49-25)17-48-53(41,42)51-54(43,44)50-52(2,39)40/h5,7,9,14-15,23-25H,4,8,10-13,16-18H2,1-2H3,(H,30,36)(H,39,40)(H,41,42)(H,43,44)(H,31,37,38)/t23-,24?,25+/m0/s1. The van der Waals surface area contributed by atoms with E-state index in [0.29, 0.717) is 18.0 Å². The van der Waals surface area contributed by atoms with Crippen LogP contribution < -0.4 is 21.3 Å². The summed E-state index contributed by atoms with van der Waals surface area (Å²) >= 11 is 0. The molecule has 23 nitrogen and oxygen atoms in total. The van der Waals surface area contributed by atoms with Crippen molar-refractivity contribution in [2.45, 2.75) is 44.2 Å². The molecule has 1 aromatic heterocycles. The van der Waals surface area contributed by atoms with Gasteiger partial charge in [-0.2, -0.15) is 4.31 Å². The number of phosphoric ester groups is 1. The molecule has 6 atom stereocenters. The van der Waals surface area contributed by atoms with Gasteiger partial charge in [0.25, 0.3) is 11.5 Å². The minimum atomic E-state index is -5.45. The zero-order chi connectivity index (χ0) is 39.9. The maximum Gasteiger partial charge on any atom is 0.488 e. The van der Waals surface area contributed by atoms with Crippen LogP contribution in [0.4, 0.5) is 0 Å². The zero-order valence-corrected chi connectivity index (χ0v) is 31.4. The van der Waals surface area contributed by atoms with Crippen molar-refractivity contribution in [3.63, 3.8) is 0 Å². The van der Waals surface area contributed by atoms with Gasteiger partial charge in [0.1, 0.15) is 30.8 Å². The summed E-state index contributed by atoms with van der Waals surface area (Å²) in [7, 11) is -13.8. The third-order valence-corrected chi connectivity index (χ3v) is 10.9. The Balaban J connectivity index is 1.41.